The largest absolute Gasteiger partial charge is 0.489 e. The van der Waals surface area contributed by atoms with Crippen molar-refractivity contribution in [2.24, 2.45) is 10.9 Å². The molecule has 2 unspecified atom stereocenters. The predicted molar refractivity (Wildman–Crippen MR) is 115 cm³/mol. The van der Waals surface area contributed by atoms with Crippen molar-refractivity contribution in [3.8, 4) is 5.75 Å². The minimum atomic E-state index is -0.564. The summed E-state index contributed by atoms with van der Waals surface area (Å²) in [6.45, 7) is 2.07. The number of hydrogen-bond donors (Lipinski definition) is 0. The molecule has 5 nitrogen and oxygen atoms in total. The van der Waals surface area contributed by atoms with Gasteiger partial charge in [-0.2, -0.15) is 0 Å². The summed E-state index contributed by atoms with van der Waals surface area (Å²) in [6, 6.07) is 14.8. The molecule has 0 aromatic heterocycles. The van der Waals surface area contributed by atoms with Gasteiger partial charge < -0.3 is 9.47 Å². The lowest BCUT2D eigenvalue weighted by Gasteiger charge is -2.31. The fourth-order valence-corrected chi connectivity index (χ4v) is 3.92. The maximum atomic E-state index is 13.4. The van der Waals surface area contributed by atoms with Gasteiger partial charge in [0.1, 0.15) is 11.4 Å². The van der Waals surface area contributed by atoms with Crippen LogP contribution in [0.15, 0.2) is 76.5 Å². The molecule has 2 aliphatic rings. The summed E-state index contributed by atoms with van der Waals surface area (Å²) in [5.41, 5.74) is 2.52. The number of aldehydes is 1. The first-order chi connectivity index (χ1) is 14.6. The summed E-state index contributed by atoms with van der Waals surface area (Å²) in [7, 11) is 0. The van der Waals surface area contributed by atoms with Crippen LogP contribution in [0.4, 0.5) is 5.69 Å². The number of hydrogen-bond acceptors (Lipinski definition) is 5. The zero-order chi connectivity index (χ0) is 21.1. The van der Waals surface area contributed by atoms with Gasteiger partial charge in [-0.3, -0.25) is 14.6 Å². The van der Waals surface area contributed by atoms with Crippen LogP contribution in [-0.4, -0.2) is 31.0 Å². The van der Waals surface area contributed by atoms with Gasteiger partial charge in [0.15, 0.2) is 18.1 Å². The number of fused-ring (bicyclic) bond motifs is 1. The van der Waals surface area contributed by atoms with Crippen LogP contribution in [0.3, 0.4) is 0 Å². The Morgan fingerprint density at radius 1 is 1.20 bits per heavy atom. The summed E-state index contributed by atoms with van der Waals surface area (Å²) in [4.78, 5) is 29.5. The first-order valence-electron chi connectivity index (χ1n) is 9.73. The van der Waals surface area contributed by atoms with Gasteiger partial charge in [-0.1, -0.05) is 35.9 Å². The van der Waals surface area contributed by atoms with Crippen LogP contribution in [0.5, 0.6) is 5.75 Å². The fraction of sp³-hybridized carbons (Fsp3) is 0.208. The van der Waals surface area contributed by atoms with Gasteiger partial charge in [-0.05, 0) is 54.8 Å². The molecule has 0 radical (unpaired) electrons. The van der Waals surface area contributed by atoms with Crippen LogP contribution in [0.25, 0.3) is 0 Å². The molecule has 6 heteroatoms. The molecule has 0 spiro atoms. The number of benzene rings is 2. The molecule has 2 atom stereocenters. The molecule has 0 saturated heterocycles. The van der Waals surface area contributed by atoms with Crippen molar-refractivity contribution in [1.29, 1.82) is 0 Å². The molecule has 0 amide bonds. The van der Waals surface area contributed by atoms with E-state index < -0.39 is 12.0 Å². The third-order valence-electron chi connectivity index (χ3n) is 5.07. The summed E-state index contributed by atoms with van der Waals surface area (Å²) >= 11 is 6.14. The van der Waals surface area contributed by atoms with Gasteiger partial charge in [0.05, 0.1) is 18.1 Å². The summed E-state index contributed by atoms with van der Waals surface area (Å²) in [5, 5.41) is 0.597. The molecule has 4 rings (SSSR count). The molecule has 0 saturated carbocycles. The Kier molecular flexibility index (Phi) is 5.81. The Morgan fingerprint density at radius 3 is 2.80 bits per heavy atom. The van der Waals surface area contributed by atoms with Crippen molar-refractivity contribution in [3.05, 3.63) is 82.1 Å². The number of carbonyl (C=O) groups excluding carboxylic acids is 2. The number of para-hydroxylation sites is 2. The number of ketones is 1. The maximum absolute atomic E-state index is 13.4. The Labute approximate surface area is 179 Å². The van der Waals surface area contributed by atoms with Gasteiger partial charge in [-0.15, -0.1) is 0 Å². The van der Waals surface area contributed by atoms with Crippen molar-refractivity contribution < 1.29 is 19.1 Å². The number of halogens is 1. The van der Waals surface area contributed by atoms with E-state index in [9.17, 15) is 9.59 Å². The van der Waals surface area contributed by atoms with E-state index in [2.05, 4.69) is 4.99 Å². The van der Waals surface area contributed by atoms with Crippen LogP contribution in [0, 0.1) is 5.92 Å². The van der Waals surface area contributed by atoms with Crippen molar-refractivity contribution in [3.63, 3.8) is 0 Å². The second kappa shape index (κ2) is 8.67. The van der Waals surface area contributed by atoms with Crippen molar-refractivity contribution >= 4 is 35.6 Å². The zero-order valence-corrected chi connectivity index (χ0v) is 17.1. The smallest absolute Gasteiger partial charge is 0.205 e. The molecule has 30 heavy (non-hydrogen) atoms. The maximum Gasteiger partial charge on any atom is 0.205 e. The van der Waals surface area contributed by atoms with E-state index in [0.717, 1.165) is 11.3 Å². The summed E-state index contributed by atoms with van der Waals surface area (Å²) in [6.07, 6.45) is 3.85. The van der Waals surface area contributed by atoms with Crippen LogP contribution in [0.1, 0.15) is 12.5 Å². The lowest BCUT2D eigenvalue weighted by molar-refractivity contribution is -0.122. The fourth-order valence-electron chi connectivity index (χ4n) is 3.71. The third-order valence-corrected chi connectivity index (χ3v) is 5.30. The van der Waals surface area contributed by atoms with Gasteiger partial charge >= 0.3 is 0 Å². The Morgan fingerprint density at radius 2 is 2.03 bits per heavy atom. The number of allylic oxidation sites excluding steroid dienone is 3. The highest BCUT2D eigenvalue weighted by atomic mass is 35.5. The Bertz CT molecular complexity index is 1090. The molecule has 0 bridgehead atoms. The third kappa shape index (κ3) is 3.94. The van der Waals surface area contributed by atoms with E-state index in [1.165, 1.54) is 0 Å². The van der Waals surface area contributed by atoms with Crippen LogP contribution >= 0.6 is 11.6 Å². The quantitative estimate of drug-likeness (QED) is 0.636. The molecule has 2 aromatic rings. The Hall–Kier alpha value is -3.18. The molecule has 0 fully saturated rings. The van der Waals surface area contributed by atoms with Crippen molar-refractivity contribution in [2.75, 3.05) is 6.61 Å². The summed E-state index contributed by atoms with van der Waals surface area (Å²) in [5.74, 6) is -0.0776. The summed E-state index contributed by atoms with van der Waals surface area (Å²) < 4.78 is 11.7. The average molecular weight is 422 g/mol. The number of carbonyl (C=O) groups is 2. The second-order valence-electron chi connectivity index (χ2n) is 7.01. The van der Waals surface area contributed by atoms with Crippen molar-refractivity contribution in [1.82, 2.24) is 0 Å². The predicted octanol–water partition coefficient (Wildman–Crippen LogP) is 4.66. The highest BCUT2D eigenvalue weighted by Gasteiger charge is 2.37. The van der Waals surface area contributed by atoms with Crippen LogP contribution in [-0.2, 0) is 20.7 Å². The number of aliphatic imine (C=N–C) groups is 1. The highest BCUT2D eigenvalue weighted by Crippen LogP contribution is 2.37. The van der Waals surface area contributed by atoms with Crippen LogP contribution < -0.4 is 4.74 Å². The van der Waals surface area contributed by atoms with Crippen molar-refractivity contribution in [2.45, 2.75) is 19.4 Å². The number of Topliss-reactive ketones (excluding diaryl/α,β-unsaturated/α-hetero) is 1. The monoisotopic (exact) mass is 421 g/mol. The first kappa shape index (κ1) is 20.1. The van der Waals surface area contributed by atoms with E-state index in [1.54, 1.807) is 25.3 Å². The highest BCUT2D eigenvalue weighted by molar-refractivity contribution is 6.30. The lowest BCUT2D eigenvalue weighted by atomic mass is 9.79. The lowest BCUT2D eigenvalue weighted by Crippen LogP contribution is -2.36. The second-order valence-corrected chi connectivity index (χ2v) is 7.45. The van der Waals surface area contributed by atoms with Crippen LogP contribution in [0.2, 0.25) is 5.02 Å². The van der Waals surface area contributed by atoms with Gasteiger partial charge in [0.2, 0.25) is 5.78 Å². The van der Waals surface area contributed by atoms with E-state index in [0.29, 0.717) is 35.7 Å². The molecular formula is C24H20ClNO4. The van der Waals surface area contributed by atoms with E-state index >= 15 is 0 Å². The van der Waals surface area contributed by atoms with Gasteiger partial charge in [0, 0.05) is 11.2 Å². The average Bonchev–Trinajstić information content (AvgIpc) is 2.76. The molecule has 1 aliphatic carbocycles. The molecule has 1 aliphatic heterocycles. The number of ether oxygens (including phenoxy) is 2. The van der Waals surface area contributed by atoms with E-state index in [4.69, 9.17) is 21.1 Å². The standard InChI is InChI=1S/C24H20ClNO4/c1-2-29-24-16(14-27)12-18(22-13-26-20-8-3-4-9-21(20)30-22)19(23(24)28)11-15-6-5-7-17(25)10-15/h3-10,12-14,19,22H,2,11H2,1H3. The molecule has 152 valence electrons. The minimum Gasteiger partial charge on any atom is -0.489 e. The van der Waals surface area contributed by atoms with Gasteiger partial charge in [0.25, 0.3) is 0 Å². The number of rotatable bonds is 6. The normalized spacial score (nSPS) is 20.3. The SMILES string of the molecule is CCOC1=C(C=O)C=C(C2C=Nc3ccccc3O2)C(Cc2cccc(Cl)c2)C1=O. The molecule has 2 aromatic carbocycles. The van der Waals surface area contributed by atoms with E-state index in [1.807, 2.05) is 42.5 Å². The topological polar surface area (TPSA) is 65.0 Å². The number of nitrogens with zero attached hydrogens (tertiary/aromatic N) is 1. The molecule has 1 heterocycles. The first-order valence-corrected chi connectivity index (χ1v) is 10.1. The zero-order valence-electron chi connectivity index (χ0n) is 16.4. The van der Waals surface area contributed by atoms with E-state index in [-0.39, 0.29) is 17.1 Å². The molecule has 0 N–H and O–H groups in total. The Balaban J connectivity index is 1.75. The van der Waals surface area contributed by atoms with Gasteiger partial charge in [-0.25, -0.2) is 0 Å². The minimum absolute atomic E-state index is 0.0939. The molecular weight excluding hydrogens is 402 g/mol.